The summed E-state index contributed by atoms with van der Waals surface area (Å²) >= 11 is 0. The van der Waals surface area contributed by atoms with Gasteiger partial charge in [0.1, 0.15) is 0 Å². The summed E-state index contributed by atoms with van der Waals surface area (Å²) in [4.78, 5) is 11.8. The third kappa shape index (κ3) is 1.51. The number of allylic oxidation sites excluding steroid dienone is 4. The molecule has 0 radical (unpaired) electrons. The molecular formula is C22H28O2. The first-order valence-corrected chi connectivity index (χ1v) is 10.2. The van der Waals surface area contributed by atoms with Crippen molar-refractivity contribution < 1.29 is 9.53 Å². The van der Waals surface area contributed by atoms with Gasteiger partial charge in [0.2, 0.25) is 0 Å². The van der Waals surface area contributed by atoms with Crippen LogP contribution in [0.3, 0.4) is 0 Å². The van der Waals surface area contributed by atoms with E-state index < -0.39 is 0 Å². The van der Waals surface area contributed by atoms with Crippen LogP contribution in [0.25, 0.3) is 0 Å². The molecule has 2 nitrogen and oxygen atoms in total. The summed E-state index contributed by atoms with van der Waals surface area (Å²) in [7, 11) is 0. The number of rotatable bonds is 0. The Morgan fingerprint density at radius 2 is 2.12 bits per heavy atom. The lowest BCUT2D eigenvalue weighted by Crippen LogP contribution is -2.54. The van der Waals surface area contributed by atoms with Crippen molar-refractivity contribution in [2.75, 3.05) is 6.61 Å². The molecule has 1 spiro atoms. The number of ketones is 1. The second-order valence-corrected chi connectivity index (χ2v) is 9.69. The molecule has 7 unspecified atom stereocenters. The smallest absolute Gasteiger partial charge is 0.155 e. The Morgan fingerprint density at radius 1 is 1.21 bits per heavy atom. The Balaban J connectivity index is 1.42. The Hall–Kier alpha value is -0.890. The van der Waals surface area contributed by atoms with Crippen LogP contribution in [0.4, 0.5) is 0 Å². The van der Waals surface area contributed by atoms with Gasteiger partial charge >= 0.3 is 0 Å². The number of carbonyl (C=O) groups excluding carboxylic acids is 1. The summed E-state index contributed by atoms with van der Waals surface area (Å²) in [5, 5.41) is 0. The van der Waals surface area contributed by atoms with E-state index in [1.165, 1.54) is 37.7 Å². The van der Waals surface area contributed by atoms with Gasteiger partial charge in [0.15, 0.2) is 5.78 Å². The highest BCUT2D eigenvalue weighted by atomic mass is 16.5. The largest absolute Gasteiger partial charge is 0.374 e. The number of hydrogen-bond acceptors (Lipinski definition) is 2. The van der Waals surface area contributed by atoms with Gasteiger partial charge in [-0.05, 0) is 85.7 Å². The third-order valence-electron chi connectivity index (χ3n) is 9.05. The van der Waals surface area contributed by atoms with Crippen molar-refractivity contribution in [2.45, 2.75) is 57.5 Å². The molecule has 4 fully saturated rings. The Morgan fingerprint density at radius 3 is 2.96 bits per heavy atom. The standard InChI is InChI=1S/C22H28O2/c1-21-9-7-16-15-6-4-14(23)11-13(15)3-5-17(16)20(21)18-12-19(18)22(21)8-2-10-24-22/h3,5,11,15-20H,2,4,6-10,12H2,1H3/t15?,16?,17?,18?,19?,20?,21?,22-/m0/s1. The van der Waals surface area contributed by atoms with Crippen LogP contribution in [0.15, 0.2) is 23.8 Å². The van der Waals surface area contributed by atoms with Gasteiger partial charge in [-0.3, -0.25) is 4.79 Å². The maximum Gasteiger partial charge on any atom is 0.155 e. The first-order chi connectivity index (χ1) is 11.6. The molecule has 24 heavy (non-hydrogen) atoms. The van der Waals surface area contributed by atoms with Gasteiger partial charge in [-0.25, -0.2) is 0 Å². The monoisotopic (exact) mass is 324 g/mol. The minimum atomic E-state index is 0.222. The average Bonchev–Trinajstić information content (AvgIpc) is 3.13. The molecule has 1 heterocycles. The third-order valence-corrected chi connectivity index (χ3v) is 9.05. The zero-order valence-corrected chi connectivity index (χ0v) is 14.7. The van der Waals surface area contributed by atoms with Crippen LogP contribution >= 0.6 is 0 Å². The molecule has 0 amide bonds. The highest BCUT2D eigenvalue weighted by Gasteiger charge is 2.76. The van der Waals surface area contributed by atoms with Crippen LogP contribution in [0.2, 0.25) is 0 Å². The van der Waals surface area contributed by atoms with E-state index in [4.69, 9.17) is 4.74 Å². The minimum absolute atomic E-state index is 0.222. The zero-order valence-electron chi connectivity index (χ0n) is 14.7. The summed E-state index contributed by atoms with van der Waals surface area (Å²) in [6, 6.07) is 0. The normalized spacial score (nSPS) is 57.2. The SMILES string of the molecule is CC12CCC3C4CCC(=O)C=C4C=CC3C1C1CC1[C@@]21CCCO1. The van der Waals surface area contributed by atoms with E-state index in [0.29, 0.717) is 17.1 Å². The van der Waals surface area contributed by atoms with Crippen molar-refractivity contribution in [2.24, 2.45) is 40.9 Å². The van der Waals surface area contributed by atoms with Crippen LogP contribution in [0, 0.1) is 40.9 Å². The lowest BCUT2D eigenvalue weighted by atomic mass is 9.50. The van der Waals surface area contributed by atoms with Crippen LogP contribution < -0.4 is 0 Å². The average molecular weight is 324 g/mol. The Bertz CT molecular complexity index is 667. The fourth-order valence-electron chi connectivity index (χ4n) is 8.16. The molecule has 0 N–H and O–H groups in total. The first kappa shape index (κ1) is 14.3. The van der Waals surface area contributed by atoms with Crippen LogP contribution in [-0.2, 0) is 9.53 Å². The van der Waals surface area contributed by atoms with E-state index in [-0.39, 0.29) is 5.60 Å². The maximum absolute atomic E-state index is 11.8. The van der Waals surface area contributed by atoms with E-state index in [9.17, 15) is 4.79 Å². The summed E-state index contributed by atoms with van der Waals surface area (Å²) in [6.07, 6.45) is 15.3. The van der Waals surface area contributed by atoms with Gasteiger partial charge in [0, 0.05) is 18.4 Å². The fraction of sp³-hybridized carbons (Fsp3) is 0.773. The summed E-state index contributed by atoms with van der Waals surface area (Å²) in [5.74, 6) is 5.11. The highest BCUT2D eigenvalue weighted by Crippen LogP contribution is 2.77. The number of hydrogen-bond donors (Lipinski definition) is 0. The molecule has 6 aliphatic rings. The van der Waals surface area contributed by atoms with Crippen molar-refractivity contribution in [1.82, 2.24) is 0 Å². The van der Waals surface area contributed by atoms with E-state index in [2.05, 4.69) is 19.1 Å². The van der Waals surface area contributed by atoms with Gasteiger partial charge < -0.3 is 4.74 Å². The molecule has 0 aromatic heterocycles. The number of fused-ring (bicyclic) bond motifs is 9. The molecule has 0 bridgehead atoms. The predicted octanol–water partition coefficient (Wildman–Crippen LogP) is 4.31. The molecular weight excluding hydrogens is 296 g/mol. The van der Waals surface area contributed by atoms with Crippen molar-refractivity contribution in [3.63, 3.8) is 0 Å². The van der Waals surface area contributed by atoms with E-state index in [0.717, 1.165) is 49.0 Å². The fourth-order valence-corrected chi connectivity index (χ4v) is 8.16. The second kappa shape index (κ2) is 4.44. The zero-order chi connectivity index (χ0) is 16.1. The van der Waals surface area contributed by atoms with Crippen molar-refractivity contribution in [3.8, 4) is 0 Å². The predicted molar refractivity (Wildman–Crippen MR) is 92.3 cm³/mol. The molecule has 2 heteroatoms. The van der Waals surface area contributed by atoms with Crippen molar-refractivity contribution >= 4 is 5.78 Å². The van der Waals surface area contributed by atoms with E-state index in [1.54, 1.807) is 0 Å². The number of carbonyl (C=O) groups is 1. The Kier molecular flexibility index (Phi) is 2.64. The lowest BCUT2D eigenvalue weighted by molar-refractivity contribution is -0.139. The first-order valence-electron chi connectivity index (χ1n) is 10.2. The van der Waals surface area contributed by atoms with Crippen LogP contribution in [0.5, 0.6) is 0 Å². The van der Waals surface area contributed by atoms with Crippen molar-refractivity contribution in [3.05, 3.63) is 23.8 Å². The second-order valence-electron chi connectivity index (χ2n) is 9.69. The minimum Gasteiger partial charge on any atom is -0.374 e. The van der Waals surface area contributed by atoms with E-state index in [1.807, 2.05) is 6.08 Å². The number of ether oxygens (including phenoxy) is 1. The highest BCUT2D eigenvalue weighted by molar-refractivity contribution is 5.91. The lowest BCUT2D eigenvalue weighted by Gasteiger charge is -2.56. The van der Waals surface area contributed by atoms with Gasteiger partial charge in [-0.1, -0.05) is 19.1 Å². The van der Waals surface area contributed by atoms with Gasteiger partial charge in [-0.15, -0.1) is 0 Å². The molecule has 128 valence electrons. The topological polar surface area (TPSA) is 26.3 Å². The summed E-state index contributed by atoms with van der Waals surface area (Å²) in [5.41, 5.74) is 1.96. The van der Waals surface area contributed by atoms with E-state index >= 15 is 0 Å². The molecule has 0 aromatic rings. The van der Waals surface area contributed by atoms with Crippen LogP contribution in [-0.4, -0.2) is 18.0 Å². The van der Waals surface area contributed by atoms with Gasteiger partial charge in [0.05, 0.1) is 5.60 Å². The molecule has 6 rings (SSSR count). The maximum atomic E-state index is 11.8. The van der Waals surface area contributed by atoms with Gasteiger partial charge in [-0.2, -0.15) is 0 Å². The molecule has 5 aliphatic carbocycles. The Labute approximate surface area is 144 Å². The molecule has 3 saturated carbocycles. The molecule has 1 saturated heterocycles. The summed E-state index contributed by atoms with van der Waals surface area (Å²) in [6.45, 7) is 3.57. The molecule has 1 aliphatic heterocycles. The quantitative estimate of drug-likeness (QED) is 0.664. The van der Waals surface area contributed by atoms with Crippen molar-refractivity contribution in [1.29, 1.82) is 0 Å². The molecule has 0 aromatic carbocycles. The van der Waals surface area contributed by atoms with Gasteiger partial charge in [0.25, 0.3) is 0 Å². The summed E-state index contributed by atoms with van der Waals surface area (Å²) < 4.78 is 6.55. The van der Waals surface area contributed by atoms with Crippen LogP contribution in [0.1, 0.15) is 51.9 Å². The molecule has 8 atom stereocenters.